The molecule has 3 aliphatic heterocycles. The lowest BCUT2D eigenvalue weighted by Gasteiger charge is -2.29. The highest BCUT2D eigenvalue weighted by molar-refractivity contribution is 7.89. The van der Waals surface area contributed by atoms with E-state index in [1.165, 1.54) is 23.5 Å². The van der Waals surface area contributed by atoms with Crippen LogP contribution in [0.3, 0.4) is 0 Å². The van der Waals surface area contributed by atoms with E-state index in [9.17, 15) is 8.42 Å². The van der Waals surface area contributed by atoms with Gasteiger partial charge in [0.1, 0.15) is 4.90 Å². The highest BCUT2D eigenvalue weighted by Crippen LogP contribution is 2.54. The Morgan fingerprint density at radius 3 is 2.96 bits per heavy atom. The van der Waals surface area contributed by atoms with Gasteiger partial charge >= 0.3 is 0 Å². The van der Waals surface area contributed by atoms with Gasteiger partial charge in [-0.3, -0.25) is 4.68 Å². The summed E-state index contributed by atoms with van der Waals surface area (Å²) in [6, 6.07) is 0. The van der Waals surface area contributed by atoms with Crippen LogP contribution in [-0.4, -0.2) is 61.0 Å². The topological polar surface area (TPSA) is 76.5 Å². The van der Waals surface area contributed by atoms with Crippen molar-refractivity contribution in [3.8, 4) is 0 Å². The van der Waals surface area contributed by atoms with E-state index in [0.29, 0.717) is 18.4 Å². The van der Waals surface area contributed by atoms with Gasteiger partial charge in [0.25, 0.3) is 0 Å². The van der Waals surface area contributed by atoms with Gasteiger partial charge in [0.15, 0.2) is 0 Å². The van der Waals surface area contributed by atoms with Crippen molar-refractivity contribution in [3.05, 3.63) is 12.4 Å². The zero-order chi connectivity index (χ0) is 18.5. The number of hydrogen-bond donors (Lipinski definition) is 1. The molecule has 1 spiro atoms. The molecule has 0 aromatic carbocycles. The Morgan fingerprint density at radius 2 is 2.27 bits per heavy atom. The van der Waals surface area contributed by atoms with Crippen molar-refractivity contribution in [1.82, 2.24) is 19.4 Å². The van der Waals surface area contributed by atoms with Crippen LogP contribution < -0.4 is 4.72 Å². The molecule has 0 saturated carbocycles. The minimum absolute atomic E-state index is 0.0357. The largest absolute Gasteiger partial charge is 0.370 e. The highest BCUT2D eigenvalue weighted by atomic mass is 32.2. The van der Waals surface area contributed by atoms with Gasteiger partial charge in [-0.2, -0.15) is 5.10 Å². The molecular weight excluding hydrogens is 352 g/mol. The molecule has 8 heteroatoms. The van der Waals surface area contributed by atoms with E-state index in [2.05, 4.69) is 28.6 Å². The third kappa shape index (κ3) is 3.21. The van der Waals surface area contributed by atoms with Crippen molar-refractivity contribution in [2.75, 3.05) is 26.2 Å². The Labute approximate surface area is 156 Å². The van der Waals surface area contributed by atoms with Crippen molar-refractivity contribution in [2.45, 2.75) is 49.7 Å². The van der Waals surface area contributed by atoms with Gasteiger partial charge < -0.3 is 9.64 Å². The van der Waals surface area contributed by atoms with Crippen LogP contribution in [0.5, 0.6) is 0 Å². The van der Waals surface area contributed by atoms with Gasteiger partial charge in [-0.1, -0.05) is 13.8 Å². The number of ether oxygens (including phenoxy) is 1. The Morgan fingerprint density at radius 1 is 1.46 bits per heavy atom. The van der Waals surface area contributed by atoms with Crippen molar-refractivity contribution < 1.29 is 13.2 Å². The number of fused-ring (bicyclic) bond motifs is 1. The Kier molecular flexibility index (Phi) is 4.66. The van der Waals surface area contributed by atoms with Crippen LogP contribution >= 0.6 is 0 Å². The molecule has 7 nitrogen and oxygen atoms in total. The number of rotatable bonds is 7. The lowest BCUT2D eigenvalue weighted by Crippen LogP contribution is -2.41. The summed E-state index contributed by atoms with van der Waals surface area (Å²) in [4.78, 5) is 2.75. The summed E-state index contributed by atoms with van der Waals surface area (Å²) >= 11 is 0. The van der Waals surface area contributed by atoms with Crippen LogP contribution in [0.25, 0.3) is 0 Å². The second-order valence-corrected chi connectivity index (χ2v) is 10.4. The highest BCUT2D eigenvalue weighted by Gasteiger charge is 2.62. The quantitative estimate of drug-likeness (QED) is 0.767. The summed E-state index contributed by atoms with van der Waals surface area (Å²) < 4.78 is 35.8. The van der Waals surface area contributed by atoms with E-state index in [0.717, 1.165) is 32.5 Å². The molecule has 0 amide bonds. The first kappa shape index (κ1) is 18.4. The second kappa shape index (κ2) is 6.58. The molecular formula is C18H30N4O3S. The number of nitrogens with zero attached hydrogens (tertiary/aromatic N) is 3. The van der Waals surface area contributed by atoms with Crippen molar-refractivity contribution in [3.63, 3.8) is 0 Å². The van der Waals surface area contributed by atoms with Crippen LogP contribution in [0.15, 0.2) is 17.3 Å². The van der Waals surface area contributed by atoms with Crippen LogP contribution in [-0.2, 0) is 21.8 Å². The van der Waals surface area contributed by atoms with Crippen LogP contribution in [0.2, 0.25) is 0 Å². The summed E-state index contributed by atoms with van der Waals surface area (Å²) in [5.41, 5.74) is -0.0357. The number of aryl methyl sites for hydroxylation is 1. The molecule has 2 bridgehead atoms. The molecule has 146 valence electrons. The normalized spacial score (nSPS) is 34.1. The zero-order valence-electron chi connectivity index (χ0n) is 15.9. The third-order valence-electron chi connectivity index (χ3n) is 6.38. The molecule has 0 unspecified atom stereocenters. The molecule has 4 atom stereocenters. The average molecular weight is 383 g/mol. The lowest BCUT2D eigenvalue weighted by molar-refractivity contribution is 0.00255. The smallest absolute Gasteiger partial charge is 0.243 e. The molecule has 3 saturated heterocycles. The maximum absolute atomic E-state index is 12.5. The minimum atomic E-state index is -3.51. The van der Waals surface area contributed by atoms with E-state index in [1.54, 1.807) is 7.05 Å². The fourth-order valence-corrected chi connectivity index (χ4v) is 6.05. The fraction of sp³-hybridized carbons (Fsp3) is 0.833. The minimum Gasteiger partial charge on any atom is -0.370 e. The first-order valence-corrected chi connectivity index (χ1v) is 11.2. The van der Waals surface area contributed by atoms with E-state index >= 15 is 0 Å². The van der Waals surface area contributed by atoms with Gasteiger partial charge in [0.05, 0.1) is 17.9 Å². The van der Waals surface area contributed by atoms with Crippen LogP contribution in [0, 0.1) is 17.8 Å². The summed E-state index contributed by atoms with van der Waals surface area (Å²) in [5, 5.41) is 3.96. The summed E-state index contributed by atoms with van der Waals surface area (Å²) in [5.74, 6) is 1.40. The number of sulfonamides is 1. The van der Waals surface area contributed by atoms with Crippen LogP contribution in [0.1, 0.15) is 33.1 Å². The van der Waals surface area contributed by atoms with E-state index in [4.69, 9.17) is 4.74 Å². The standard InChI is InChI=1S/C18H30N4O3S/c1-13(2)5-7-22-11-16-15(17-4-6-18(16,12-22)25-17)9-20-26(23,24)14-8-19-21(3)10-14/h8,10,13,15-17,20H,4-7,9,11-12H2,1-3H3/t15-,16+,17+,18+/m0/s1. The van der Waals surface area contributed by atoms with Gasteiger partial charge in [-0.05, 0) is 31.7 Å². The maximum atomic E-state index is 12.5. The first-order chi connectivity index (χ1) is 12.3. The van der Waals surface area contributed by atoms with E-state index < -0.39 is 10.0 Å². The Balaban J connectivity index is 1.42. The number of nitrogens with one attached hydrogen (secondary N) is 1. The van der Waals surface area contributed by atoms with Crippen molar-refractivity contribution >= 4 is 10.0 Å². The Hall–Kier alpha value is -0.960. The van der Waals surface area contributed by atoms with E-state index in [-0.39, 0.29) is 22.5 Å². The van der Waals surface area contributed by atoms with Crippen molar-refractivity contribution in [1.29, 1.82) is 0 Å². The lowest BCUT2D eigenvalue weighted by atomic mass is 9.74. The molecule has 3 aliphatic rings. The van der Waals surface area contributed by atoms with E-state index in [1.807, 2.05) is 0 Å². The van der Waals surface area contributed by atoms with Gasteiger partial charge in [-0.15, -0.1) is 0 Å². The fourth-order valence-electron chi connectivity index (χ4n) is 5.00. The molecule has 3 fully saturated rings. The predicted molar refractivity (Wildman–Crippen MR) is 98.1 cm³/mol. The molecule has 1 aromatic rings. The molecule has 1 aromatic heterocycles. The van der Waals surface area contributed by atoms with Gasteiger partial charge in [-0.25, -0.2) is 13.1 Å². The Bertz CT molecular complexity index is 762. The molecule has 0 radical (unpaired) electrons. The number of likely N-dealkylation sites (tertiary alicyclic amines) is 1. The summed E-state index contributed by atoms with van der Waals surface area (Å²) in [6.45, 7) is 8.11. The molecule has 1 N–H and O–H groups in total. The second-order valence-electron chi connectivity index (χ2n) is 8.65. The zero-order valence-corrected chi connectivity index (χ0v) is 16.7. The monoisotopic (exact) mass is 382 g/mol. The summed E-state index contributed by atoms with van der Waals surface area (Å²) in [6.07, 6.45) is 6.49. The average Bonchev–Trinajstić information content (AvgIpc) is 3.30. The molecule has 0 aliphatic carbocycles. The predicted octanol–water partition coefficient (Wildman–Crippen LogP) is 1.22. The summed E-state index contributed by atoms with van der Waals surface area (Å²) in [7, 11) is -1.79. The van der Waals surface area contributed by atoms with Crippen LogP contribution in [0.4, 0.5) is 0 Å². The maximum Gasteiger partial charge on any atom is 0.243 e. The SMILES string of the molecule is CC(C)CCN1C[C@@H]2[C@H](CNS(=O)(=O)c3cnn(C)c3)[C@H]3CC[C@]2(C1)O3. The molecule has 26 heavy (non-hydrogen) atoms. The van der Waals surface area contributed by atoms with Gasteiger partial charge in [0, 0.05) is 44.7 Å². The number of aromatic nitrogens is 2. The van der Waals surface area contributed by atoms with Crippen molar-refractivity contribution in [2.24, 2.45) is 24.8 Å². The molecule has 4 rings (SSSR count). The number of hydrogen-bond acceptors (Lipinski definition) is 5. The third-order valence-corrected chi connectivity index (χ3v) is 7.76. The molecule has 4 heterocycles. The first-order valence-electron chi connectivity index (χ1n) is 9.67. The van der Waals surface area contributed by atoms with Gasteiger partial charge in [0.2, 0.25) is 10.0 Å².